The minimum absolute atomic E-state index is 0.422. The SMILES string of the molecule is CCC(C)CN(C)c1cc(CCl)c(Cl)cn1. The van der Waals surface area contributed by atoms with Gasteiger partial charge in [-0.15, -0.1) is 11.6 Å². The number of halogens is 2. The third-order valence-corrected chi connectivity index (χ3v) is 3.37. The Morgan fingerprint density at radius 3 is 2.75 bits per heavy atom. The minimum Gasteiger partial charge on any atom is -0.359 e. The molecule has 1 aromatic rings. The molecule has 0 aliphatic carbocycles. The smallest absolute Gasteiger partial charge is 0.128 e. The summed E-state index contributed by atoms with van der Waals surface area (Å²) in [6.45, 7) is 5.42. The van der Waals surface area contributed by atoms with Gasteiger partial charge in [0.1, 0.15) is 5.82 Å². The first-order valence-corrected chi connectivity index (χ1v) is 6.41. The van der Waals surface area contributed by atoms with Gasteiger partial charge in [-0.05, 0) is 17.5 Å². The Morgan fingerprint density at radius 2 is 2.19 bits per heavy atom. The van der Waals surface area contributed by atoms with Gasteiger partial charge in [0, 0.05) is 25.7 Å². The highest BCUT2D eigenvalue weighted by molar-refractivity contribution is 6.32. The van der Waals surface area contributed by atoms with Crippen molar-refractivity contribution in [3.05, 3.63) is 22.8 Å². The third kappa shape index (κ3) is 3.53. The van der Waals surface area contributed by atoms with Crippen LogP contribution in [0.3, 0.4) is 0 Å². The van der Waals surface area contributed by atoms with Crippen LogP contribution in [-0.4, -0.2) is 18.6 Å². The fourth-order valence-electron chi connectivity index (χ4n) is 1.47. The number of anilines is 1. The van der Waals surface area contributed by atoms with E-state index >= 15 is 0 Å². The summed E-state index contributed by atoms with van der Waals surface area (Å²) in [5, 5.41) is 0.635. The van der Waals surface area contributed by atoms with Crippen LogP contribution in [0, 0.1) is 5.92 Å². The molecule has 0 saturated carbocycles. The highest BCUT2D eigenvalue weighted by atomic mass is 35.5. The van der Waals surface area contributed by atoms with Crippen LogP contribution in [0.1, 0.15) is 25.8 Å². The largest absolute Gasteiger partial charge is 0.359 e. The molecule has 1 unspecified atom stereocenters. The van der Waals surface area contributed by atoms with Crippen LogP contribution in [0.25, 0.3) is 0 Å². The Bertz CT molecular complexity index is 342. The predicted octanol–water partition coefficient (Wildman–Crippen LogP) is 3.96. The van der Waals surface area contributed by atoms with Gasteiger partial charge in [0.15, 0.2) is 0 Å². The Hall–Kier alpha value is -0.470. The average molecular weight is 261 g/mol. The molecule has 90 valence electrons. The minimum atomic E-state index is 0.422. The van der Waals surface area contributed by atoms with Crippen molar-refractivity contribution in [1.29, 1.82) is 0 Å². The van der Waals surface area contributed by atoms with Gasteiger partial charge in [0.2, 0.25) is 0 Å². The predicted molar refractivity (Wildman–Crippen MR) is 71.5 cm³/mol. The summed E-state index contributed by atoms with van der Waals surface area (Å²) < 4.78 is 0. The van der Waals surface area contributed by atoms with E-state index in [-0.39, 0.29) is 0 Å². The Kier molecular flexibility index (Phi) is 5.36. The van der Waals surface area contributed by atoms with Crippen molar-refractivity contribution in [1.82, 2.24) is 4.98 Å². The normalized spacial score (nSPS) is 12.6. The monoisotopic (exact) mass is 260 g/mol. The molecule has 2 nitrogen and oxygen atoms in total. The lowest BCUT2D eigenvalue weighted by molar-refractivity contribution is 0.557. The van der Waals surface area contributed by atoms with E-state index < -0.39 is 0 Å². The maximum atomic E-state index is 5.97. The number of pyridine rings is 1. The second-order valence-electron chi connectivity index (χ2n) is 4.16. The maximum Gasteiger partial charge on any atom is 0.128 e. The zero-order valence-corrected chi connectivity index (χ0v) is 11.5. The highest BCUT2D eigenvalue weighted by Crippen LogP contribution is 2.22. The van der Waals surface area contributed by atoms with Crippen molar-refractivity contribution in [2.24, 2.45) is 5.92 Å². The molecule has 1 aromatic heterocycles. The van der Waals surface area contributed by atoms with Gasteiger partial charge in [-0.2, -0.15) is 0 Å². The van der Waals surface area contributed by atoms with Crippen molar-refractivity contribution in [3.63, 3.8) is 0 Å². The molecule has 0 radical (unpaired) electrons. The van der Waals surface area contributed by atoms with Gasteiger partial charge < -0.3 is 4.90 Å². The molecule has 0 fully saturated rings. The summed E-state index contributed by atoms with van der Waals surface area (Å²) in [5.41, 5.74) is 0.935. The van der Waals surface area contributed by atoms with E-state index in [0.29, 0.717) is 16.8 Å². The van der Waals surface area contributed by atoms with Crippen molar-refractivity contribution < 1.29 is 0 Å². The van der Waals surface area contributed by atoms with Gasteiger partial charge in [0.05, 0.1) is 5.02 Å². The lowest BCUT2D eigenvalue weighted by Gasteiger charge is -2.22. The van der Waals surface area contributed by atoms with Gasteiger partial charge in [-0.1, -0.05) is 31.9 Å². The van der Waals surface area contributed by atoms with E-state index in [9.17, 15) is 0 Å². The van der Waals surface area contributed by atoms with Crippen LogP contribution in [0.2, 0.25) is 5.02 Å². The molecule has 0 amide bonds. The van der Waals surface area contributed by atoms with E-state index in [1.807, 2.05) is 13.1 Å². The van der Waals surface area contributed by atoms with Crippen molar-refractivity contribution >= 4 is 29.0 Å². The molecule has 1 heterocycles. The zero-order chi connectivity index (χ0) is 12.1. The summed E-state index contributed by atoms with van der Waals surface area (Å²) in [7, 11) is 2.04. The number of nitrogens with zero attached hydrogens (tertiary/aromatic N) is 2. The number of aromatic nitrogens is 1. The highest BCUT2D eigenvalue weighted by Gasteiger charge is 2.09. The molecule has 0 N–H and O–H groups in total. The molecule has 1 atom stereocenters. The van der Waals surface area contributed by atoms with Crippen LogP contribution in [0.15, 0.2) is 12.3 Å². The molecule has 1 rings (SSSR count). The summed E-state index contributed by atoms with van der Waals surface area (Å²) >= 11 is 11.8. The molecule has 0 bridgehead atoms. The molecule has 16 heavy (non-hydrogen) atoms. The van der Waals surface area contributed by atoms with Gasteiger partial charge in [0.25, 0.3) is 0 Å². The lowest BCUT2D eigenvalue weighted by atomic mass is 10.1. The quantitative estimate of drug-likeness (QED) is 0.746. The first-order valence-electron chi connectivity index (χ1n) is 5.50. The fourth-order valence-corrected chi connectivity index (χ4v) is 1.93. The Labute approximate surface area is 108 Å². The van der Waals surface area contributed by atoms with Crippen LogP contribution in [0.4, 0.5) is 5.82 Å². The summed E-state index contributed by atoms with van der Waals surface area (Å²) in [5.74, 6) is 2.01. The van der Waals surface area contributed by atoms with E-state index in [4.69, 9.17) is 23.2 Å². The van der Waals surface area contributed by atoms with Gasteiger partial charge in [-0.3, -0.25) is 0 Å². The van der Waals surface area contributed by atoms with Crippen molar-refractivity contribution in [2.45, 2.75) is 26.1 Å². The molecular weight excluding hydrogens is 243 g/mol. The number of hydrogen-bond donors (Lipinski definition) is 0. The van der Waals surface area contributed by atoms with E-state index in [1.54, 1.807) is 6.20 Å². The molecule has 0 aromatic carbocycles. The average Bonchev–Trinajstić information content (AvgIpc) is 2.29. The summed E-state index contributed by atoms with van der Waals surface area (Å²) in [6.07, 6.45) is 2.84. The number of alkyl halides is 1. The molecule has 0 aliphatic rings. The molecule has 0 spiro atoms. The van der Waals surface area contributed by atoms with Gasteiger partial charge in [-0.25, -0.2) is 4.98 Å². The standard InChI is InChI=1S/C12H18Cl2N2/c1-4-9(2)8-16(3)12-5-10(6-13)11(14)7-15-12/h5,7,9H,4,6,8H2,1-3H3. The van der Waals surface area contributed by atoms with Crippen molar-refractivity contribution in [2.75, 3.05) is 18.5 Å². The molecule has 0 aliphatic heterocycles. The van der Waals surface area contributed by atoms with Crippen LogP contribution < -0.4 is 4.90 Å². The zero-order valence-electron chi connectivity index (χ0n) is 10.0. The van der Waals surface area contributed by atoms with Crippen LogP contribution in [0.5, 0.6) is 0 Å². The lowest BCUT2D eigenvalue weighted by Crippen LogP contribution is -2.24. The van der Waals surface area contributed by atoms with E-state index in [2.05, 4.69) is 23.7 Å². The molecule has 0 saturated heterocycles. The van der Waals surface area contributed by atoms with Gasteiger partial charge >= 0.3 is 0 Å². The van der Waals surface area contributed by atoms with E-state index in [1.165, 1.54) is 6.42 Å². The second kappa shape index (κ2) is 6.31. The summed E-state index contributed by atoms with van der Waals surface area (Å²) in [4.78, 5) is 6.45. The van der Waals surface area contributed by atoms with Crippen LogP contribution in [-0.2, 0) is 5.88 Å². The molecule has 4 heteroatoms. The Morgan fingerprint density at radius 1 is 1.50 bits per heavy atom. The Balaban J connectivity index is 2.79. The van der Waals surface area contributed by atoms with E-state index in [0.717, 1.165) is 17.9 Å². The topological polar surface area (TPSA) is 16.1 Å². The van der Waals surface area contributed by atoms with Crippen LogP contribution >= 0.6 is 23.2 Å². The number of rotatable bonds is 5. The maximum absolute atomic E-state index is 5.97. The first-order chi connectivity index (χ1) is 7.58. The number of hydrogen-bond acceptors (Lipinski definition) is 2. The first kappa shape index (κ1) is 13.6. The molecular formula is C12H18Cl2N2. The van der Waals surface area contributed by atoms with Crippen molar-refractivity contribution in [3.8, 4) is 0 Å². The third-order valence-electron chi connectivity index (χ3n) is 2.74. The summed E-state index contributed by atoms with van der Waals surface area (Å²) in [6, 6.07) is 1.96. The fraction of sp³-hybridized carbons (Fsp3) is 0.583. The second-order valence-corrected chi connectivity index (χ2v) is 4.84.